The molecule has 1 aliphatic heterocycles. The molecule has 0 bridgehead atoms. The molecule has 1 aliphatic rings. The Labute approximate surface area is 168 Å². The van der Waals surface area contributed by atoms with Gasteiger partial charge in [-0.3, -0.25) is 14.6 Å². The summed E-state index contributed by atoms with van der Waals surface area (Å²) >= 11 is 0. The highest BCUT2D eigenvalue weighted by Gasteiger charge is 2.39. The van der Waals surface area contributed by atoms with Crippen molar-refractivity contribution in [2.45, 2.75) is 33.6 Å². The average molecular weight is 402 g/mol. The number of halogens is 2. The lowest BCUT2D eigenvalue weighted by atomic mass is 9.73. The number of nitrogens with zero attached hydrogens (tertiary/aromatic N) is 3. The summed E-state index contributed by atoms with van der Waals surface area (Å²) in [5.74, 6) is -1.11. The minimum atomic E-state index is -0.697. The Bertz CT molecular complexity index is 887. The van der Waals surface area contributed by atoms with E-state index < -0.39 is 17.0 Å². The first-order chi connectivity index (χ1) is 13.7. The second kappa shape index (κ2) is 8.23. The van der Waals surface area contributed by atoms with Crippen LogP contribution in [0.25, 0.3) is 11.3 Å². The summed E-state index contributed by atoms with van der Waals surface area (Å²) in [6.45, 7) is 6.62. The van der Waals surface area contributed by atoms with Crippen LogP contribution in [0.4, 0.5) is 14.6 Å². The molecule has 1 saturated heterocycles. The van der Waals surface area contributed by atoms with Crippen LogP contribution in [-0.4, -0.2) is 39.8 Å². The van der Waals surface area contributed by atoms with Gasteiger partial charge < -0.3 is 10.2 Å². The fourth-order valence-corrected chi connectivity index (χ4v) is 3.62. The molecule has 3 rings (SSSR count). The molecule has 0 aliphatic carbocycles. The number of aromatic nitrogens is 2. The van der Waals surface area contributed by atoms with Crippen LogP contribution in [0.3, 0.4) is 0 Å². The standard InChI is InChI=1S/C21H24F2N4O2/c1-13(28)27-6-4-15(5-7-27)21(2,3)20(29)26-19-12-24-18(11-25-19)14-8-16(22)10-17(23)9-14/h8-12,15H,4-7H2,1-3H3,(H,25,26,29). The molecule has 1 fully saturated rings. The molecule has 0 unspecified atom stereocenters. The molecule has 2 amide bonds. The van der Waals surface area contributed by atoms with Crippen molar-refractivity contribution < 1.29 is 18.4 Å². The van der Waals surface area contributed by atoms with Gasteiger partial charge in [-0.25, -0.2) is 13.8 Å². The zero-order chi connectivity index (χ0) is 21.2. The van der Waals surface area contributed by atoms with Gasteiger partial charge in [-0.2, -0.15) is 0 Å². The Hall–Kier alpha value is -2.90. The highest BCUT2D eigenvalue weighted by molar-refractivity contribution is 5.94. The van der Waals surface area contributed by atoms with Crippen LogP contribution in [0, 0.1) is 23.0 Å². The summed E-state index contributed by atoms with van der Waals surface area (Å²) in [5, 5.41) is 2.77. The third-order valence-corrected chi connectivity index (χ3v) is 5.60. The molecule has 6 nitrogen and oxygen atoms in total. The molecule has 1 aromatic carbocycles. The molecule has 2 heterocycles. The Morgan fingerprint density at radius 1 is 1.07 bits per heavy atom. The third kappa shape index (κ3) is 4.75. The highest BCUT2D eigenvalue weighted by atomic mass is 19.1. The second-order valence-corrected chi connectivity index (χ2v) is 7.90. The van der Waals surface area contributed by atoms with Crippen molar-refractivity contribution in [2.24, 2.45) is 11.3 Å². The Morgan fingerprint density at radius 2 is 1.69 bits per heavy atom. The van der Waals surface area contributed by atoms with E-state index in [0.717, 1.165) is 18.9 Å². The first kappa shape index (κ1) is 20.8. The van der Waals surface area contributed by atoms with Crippen LogP contribution in [0.1, 0.15) is 33.6 Å². The number of hydrogen-bond donors (Lipinski definition) is 1. The van der Waals surface area contributed by atoms with Crippen molar-refractivity contribution in [3.05, 3.63) is 42.2 Å². The molecular formula is C21H24F2N4O2. The van der Waals surface area contributed by atoms with Gasteiger partial charge in [0.1, 0.15) is 11.6 Å². The summed E-state index contributed by atoms with van der Waals surface area (Å²) in [6, 6.07) is 3.12. The number of carbonyl (C=O) groups excluding carboxylic acids is 2. The maximum absolute atomic E-state index is 13.4. The molecule has 8 heteroatoms. The molecule has 1 aromatic heterocycles. The predicted octanol–water partition coefficient (Wildman–Crippen LogP) is 3.65. The number of amides is 2. The summed E-state index contributed by atoms with van der Waals surface area (Å²) in [4.78, 5) is 34.4. The topological polar surface area (TPSA) is 75.2 Å². The Balaban J connectivity index is 1.66. The Morgan fingerprint density at radius 3 is 2.21 bits per heavy atom. The number of benzene rings is 1. The van der Waals surface area contributed by atoms with Crippen molar-refractivity contribution in [1.29, 1.82) is 0 Å². The first-order valence-corrected chi connectivity index (χ1v) is 9.52. The van der Waals surface area contributed by atoms with Gasteiger partial charge in [-0.05, 0) is 30.9 Å². The van der Waals surface area contributed by atoms with E-state index in [2.05, 4.69) is 15.3 Å². The van der Waals surface area contributed by atoms with Crippen molar-refractivity contribution in [3.63, 3.8) is 0 Å². The zero-order valence-electron chi connectivity index (χ0n) is 16.7. The Kier molecular flexibility index (Phi) is 5.91. The van der Waals surface area contributed by atoms with E-state index in [0.29, 0.717) is 18.8 Å². The van der Waals surface area contributed by atoms with E-state index in [9.17, 15) is 18.4 Å². The number of nitrogens with one attached hydrogen (secondary N) is 1. The first-order valence-electron chi connectivity index (χ1n) is 9.52. The van der Waals surface area contributed by atoms with Crippen LogP contribution in [0.5, 0.6) is 0 Å². The minimum Gasteiger partial charge on any atom is -0.343 e. The molecular weight excluding hydrogens is 378 g/mol. The van der Waals surface area contributed by atoms with Gasteiger partial charge in [-0.15, -0.1) is 0 Å². The van der Waals surface area contributed by atoms with Gasteiger partial charge in [0, 0.05) is 37.1 Å². The smallest absolute Gasteiger partial charge is 0.231 e. The molecule has 154 valence electrons. The van der Waals surface area contributed by atoms with Crippen molar-refractivity contribution in [1.82, 2.24) is 14.9 Å². The lowest BCUT2D eigenvalue weighted by Crippen LogP contribution is -2.45. The van der Waals surface area contributed by atoms with Gasteiger partial charge in [-0.1, -0.05) is 13.8 Å². The van der Waals surface area contributed by atoms with E-state index in [4.69, 9.17) is 0 Å². The normalized spacial score (nSPS) is 15.3. The lowest BCUT2D eigenvalue weighted by Gasteiger charge is -2.39. The van der Waals surface area contributed by atoms with E-state index in [-0.39, 0.29) is 29.1 Å². The van der Waals surface area contributed by atoms with Crippen LogP contribution in [0.2, 0.25) is 0 Å². The maximum atomic E-state index is 13.4. The quantitative estimate of drug-likeness (QED) is 0.847. The van der Waals surface area contributed by atoms with Crippen molar-refractivity contribution in [3.8, 4) is 11.3 Å². The van der Waals surface area contributed by atoms with Crippen molar-refractivity contribution in [2.75, 3.05) is 18.4 Å². The van der Waals surface area contributed by atoms with Crippen LogP contribution in [-0.2, 0) is 9.59 Å². The fourth-order valence-electron chi connectivity index (χ4n) is 3.62. The van der Waals surface area contributed by atoms with Crippen LogP contribution >= 0.6 is 0 Å². The summed E-state index contributed by atoms with van der Waals surface area (Å²) < 4.78 is 26.7. The van der Waals surface area contributed by atoms with Crippen LogP contribution in [0.15, 0.2) is 30.6 Å². The largest absolute Gasteiger partial charge is 0.343 e. The number of anilines is 1. The summed E-state index contributed by atoms with van der Waals surface area (Å²) in [5.41, 5.74) is -0.0720. The molecule has 0 saturated carbocycles. The summed E-state index contributed by atoms with van der Waals surface area (Å²) in [7, 11) is 0. The number of rotatable bonds is 4. The molecule has 29 heavy (non-hydrogen) atoms. The SMILES string of the molecule is CC(=O)N1CCC(C(C)(C)C(=O)Nc2cnc(-c3cc(F)cc(F)c3)cn2)CC1. The second-order valence-electron chi connectivity index (χ2n) is 7.90. The van der Waals surface area contributed by atoms with Gasteiger partial charge in [0.05, 0.1) is 18.1 Å². The number of piperidine rings is 1. The molecule has 0 spiro atoms. The lowest BCUT2D eigenvalue weighted by molar-refractivity contribution is -0.132. The maximum Gasteiger partial charge on any atom is 0.231 e. The fraction of sp³-hybridized carbons (Fsp3) is 0.429. The minimum absolute atomic E-state index is 0.0549. The van der Waals surface area contributed by atoms with Gasteiger partial charge in [0.25, 0.3) is 0 Å². The molecule has 0 radical (unpaired) electrons. The van der Waals surface area contributed by atoms with E-state index in [1.54, 1.807) is 11.8 Å². The zero-order valence-corrected chi connectivity index (χ0v) is 16.7. The van der Waals surface area contributed by atoms with Gasteiger partial charge >= 0.3 is 0 Å². The highest BCUT2D eigenvalue weighted by Crippen LogP contribution is 2.36. The number of likely N-dealkylation sites (tertiary alicyclic amines) is 1. The van der Waals surface area contributed by atoms with Crippen LogP contribution < -0.4 is 5.32 Å². The third-order valence-electron chi connectivity index (χ3n) is 5.60. The van der Waals surface area contributed by atoms with Gasteiger partial charge in [0.2, 0.25) is 11.8 Å². The predicted molar refractivity (Wildman–Crippen MR) is 105 cm³/mol. The molecule has 2 aromatic rings. The van der Waals surface area contributed by atoms with E-state index in [1.807, 2.05) is 13.8 Å². The van der Waals surface area contributed by atoms with E-state index >= 15 is 0 Å². The number of carbonyl (C=O) groups is 2. The molecule has 0 atom stereocenters. The number of hydrogen-bond acceptors (Lipinski definition) is 4. The summed E-state index contributed by atoms with van der Waals surface area (Å²) in [6.07, 6.45) is 4.25. The van der Waals surface area contributed by atoms with E-state index in [1.165, 1.54) is 24.5 Å². The average Bonchev–Trinajstić information content (AvgIpc) is 2.67. The van der Waals surface area contributed by atoms with Gasteiger partial charge in [0.15, 0.2) is 5.82 Å². The monoisotopic (exact) mass is 402 g/mol. The molecule has 1 N–H and O–H groups in total. The van der Waals surface area contributed by atoms with Crippen molar-refractivity contribution >= 4 is 17.6 Å².